The lowest BCUT2D eigenvalue weighted by Gasteiger charge is -2.25. The molecule has 4 heterocycles. The van der Waals surface area contributed by atoms with Gasteiger partial charge in [0.05, 0.1) is 28.9 Å². The fraction of sp³-hybridized carbons (Fsp3) is 0.562. The fourth-order valence-electron chi connectivity index (χ4n) is 4.03. The van der Waals surface area contributed by atoms with Crippen LogP contribution in [0.25, 0.3) is 0 Å². The third kappa shape index (κ3) is 2.66. The van der Waals surface area contributed by atoms with Gasteiger partial charge in [-0.05, 0) is 20.3 Å². The molecule has 1 saturated heterocycles. The Morgan fingerprint density at radius 1 is 1.24 bits per heavy atom. The average Bonchev–Trinajstić information content (AvgIpc) is 3.14. The molecule has 2 atom stereocenters. The van der Waals surface area contributed by atoms with Gasteiger partial charge in [-0.25, -0.2) is 13.1 Å². The van der Waals surface area contributed by atoms with Gasteiger partial charge in [0, 0.05) is 36.7 Å². The number of aromatic nitrogens is 4. The van der Waals surface area contributed by atoms with E-state index in [-0.39, 0.29) is 29.4 Å². The second-order valence-electron chi connectivity index (χ2n) is 7.00. The Morgan fingerprint density at radius 2 is 2.00 bits per heavy atom. The van der Waals surface area contributed by atoms with E-state index in [1.54, 1.807) is 9.36 Å². The minimum atomic E-state index is -3.03. The summed E-state index contributed by atoms with van der Waals surface area (Å²) in [7, 11) is -1.17. The van der Waals surface area contributed by atoms with E-state index in [1.165, 1.54) is 0 Å². The van der Waals surface area contributed by atoms with Gasteiger partial charge in [-0.3, -0.25) is 9.48 Å². The molecule has 0 aliphatic carbocycles. The first-order valence-electron chi connectivity index (χ1n) is 8.34. The maximum atomic E-state index is 12.3. The number of hydrogen-bond acceptors (Lipinski definition) is 5. The lowest BCUT2D eigenvalue weighted by molar-refractivity contribution is -0.116. The molecule has 4 rings (SSSR count). The van der Waals surface area contributed by atoms with Crippen LogP contribution in [0.4, 0.5) is 5.82 Å². The highest BCUT2D eigenvalue weighted by Crippen LogP contribution is 2.42. The highest BCUT2D eigenvalue weighted by atomic mass is 32.2. The first-order valence-corrected chi connectivity index (χ1v) is 10.2. The summed E-state index contributed by atoms with van der Waals surface area (Å²) in [5.41, 5.74) is 3.71. The summed E-state index contributed by atoms with van der Waals surface area (Å²) in [4.78, 5) is 12.3. The molecule has 0 aromatic carbocycles. The summed E-state index contributed by atoms with van der Waals surface area (Å²) in [5.74, 6) is 0.702. The van der Waals surface area contributed by atoms with Gasteiger partial charge in [0.2, 0.25) is 5.91 Å². The van der Waals surface area contributed by atoms with Gasteiger partial charge >= 0.3 is 0 Å². The number of carbonyl (C=O) groups is 1. The van der Waals surface area contributed by atoms with Crippen LogP contribution in [-0.2, 0) is 21.7 Å². The van der Waals surface area contributed by atoms with Gasteiger partial charge in [0.15, 0.2) is 9.84 Å². The van der Waals surface area contributed by atoms with E-state index in [0.29, 0.717) is 18.7 Å². The van der Waals surface area contributed by atoms with Crippen molar-refractivity contribution in [3.8, 4) is 0 Å². The molecule has 2 aliphatic heterocycles. The number of carbonyl (C=O) groups excluding carboxylic acids is 1. The predicted octanol–water partition coefficient (Wildman–Crippen LogP) is 1.07. The molecule has 1 amide bonds. The zero-order valence-electron chi connectivity index (χ0n) is 14.5. The second-order valence-corrected chi connectivity index (χ2v) is 9.23. The fourth-order valence-corrected chi connectivity index (χ4v) is 5.72. The van der Waals surface area contributed by atoms with Gasteiger partial charge in [-0.15, -0.1) is 0 Å². The van der Waals surface area contributed by atoms with Crippen LogP contribution in [0.5, 0.6) is 0 Å². The summed E-state index contributed by atoms with van der Waals surface area (Å²) in [5, 5.41) is 11.9. The number of rotatable bonds is 2. The molecule has 0 spiro atoms. The van der Waals surface area contributed by atoms with Crippen LogP contribution in [0.3, 0.4) is 0 Å². The number of aryl methyl sites for hydroxylation is 3. The van der Waals surface area contributed by atoms with E-state index in [9.17, 15) is 13.2 Å². The van der Waals surface area contributed by atoms with Crippen molar-refractivity contribution in [1.82, 2.24) is 19.6 Å². The molecule has 0 radical (unpaired) electrons. The Labute approximate surface area is 146 Å². The van der Waals surface area contributed by atoms with Crippen molar-refractivity contribution in [2.45, 2.75) is 38.6 Å². The maximum absolute atomic E-state index is 12.3. The third-order valence-corrected chi connectivity index (χ3v) is 6.86. The number of anilines is 1. The molecular weight excluding hydrogens is 342 g/mol. The number of fused-ring (bicyclic) bond motifs is 1. The topological polar surface area (TPSA) is 98.9 Å². The largest absolute Gasteiger partial charge is 0.311 e. The Hall–Kier alpha value is -2.16. The van der Waals surface area contributed by atoms with Crippen LogP contribution in [0.15, 0.2) is 6.20 Å². The lowest BCUT2D eigenvalue weighted by atomic mass is 9.86. The second kappa shape index (κ2) is 5.42. The van der Waals surface area contributed by atoms with Crippen molar-refractivity contribution in [2.75, 3.05) is 16.8 Å². The van der Waals surface area contributed by atoms with E-state index in [4.69, 9.17) is 0 Å². The molecule has 9 heteroatoms. The summed E-state index contributed by atoms with van der Waals surface area (Å²) >= 11 is 0. The van der Waals surface area contributed by atoms with Gasteiger partial charge in [0.1, 0.15) is 5.82 Å². The standard InChI is InChI=1S/C16H21N5O3S/c1-9-13(7-20(3)18-9)12-6-14(22)17-16-15(12)10(2)19-21(16)11-4-5-25(23,24)8-11/h7,11-12H,4-6,8H2,1-3H3,(H,17,22). The smallest absolute Gasteiger partial charge is 0.226 e. The van der Waals surface area contributed by atoms with Crippen molar-refractivity contribution in [3.63, 3.8) is 0 Å². The zero-order valence-corrected chi connectivity index (χ0v) is 15.3. The molecule has 0 bridgehead atoms. The lowest BCUT2D eigenvalue weighted by Crippen LogP contribution is -2.26. The van der Waals surface area contributed by atoms with Crippen LogP contribution in [0.2, 0.25) is 0 Å². The predicted molar refractivity (Wildman–Crippen MR) is 92.3 cm³/mol. The highest BCUT2D eigenvalue weighted by Gasteiger charge is 2.38. The SMILES string of the molecule is Cc1nn(C)cc1C1CC(=O)Nc2c1c(C)nn2C1CCS(=O)(=O)C1. The Balaban J connectivity index is 1.82. The van der Waals surface area contributed by atoms with Gasteiger partial charge in [-0.1, -0.05) is 0 Å². The van der Waals surface area contributed by atoms with E-state index in [1.807, 2.05) is 27.1 Å². The minimum absolute atomic E-state index is 0.0764. The van der Waals surface area contributed by atoms with Gasteiger partial charge in [0.25, 0.3) is 0 Å². The number of nitrogens with zero attached hydrogens (tertiary/aromatic N) is 4. The van der Waals surface area contributed by atoms with E-state index < -0.39 is 9.84 Å². The number of nitrogens with one attached hydrogen (secondary N) is 1. The third-order valence-electron chi connectivity index (χ3n) is 5.11. The van der Waals surface area contributed by atoms with E-state index >= 15 is 0 Å². The molecule has 2 aliphatic rings. The Bertz CT molecular complexity index is 972. The summed E-state index contributed by atoms with van der Waals surface area (Å²) in [6, 6.07) is -0.221. The monoisotopic (exact) mass is 363 g/mol. The molecule has 25 heavy (non-hydrogen) atoms. The Morgan fingerprint density at radius 3 is 2.60 bits per heavy atom. The first kappa shape index (κ1) is 16.3. The maximum Gasteiger partial charge on any atom is 0.226 e. The number of sulfone groups is 1. The Kier molecular flexibility index (Phi) is 3.54. The molecule has 1 fully saturated rings. The average molecular weight is 363 g/mol. The van der Waals surface area contributed by atoms with E-state index in [0.717, 1.165) is 22.5 Å². The van der Waals surface area contributed by atoms with Crippen LogP contribution in [0, 0.1) is 13.8 Å². The molecule has 2 aromatic rings. The quantitative estimate of drug-likeness (QED) is 0.860. The van der Waals surface area contributed by atoms with Crippen LogP contribution >= 0.6 is 0 Å². The summed E-state index contributed by atoms with van der Waals surface area (Å²) in [6.07, 6.45) is 2.82. The number of amides is 1. The molecule has 0 saturated carbocycles. The normalized spacial score (nSPS) is 25.0. The van der Waals surface area contributed by atoms with E-state index in [2.05, 4.69) is 15.5 Å². The van der Waals surface area contributed by atoms with Crippen LogP contribution in [-0.4, -0.2) is 45.4 Å². The highest BCUT2D eigenvalue weighted by molar-refractivity contribution is 7.91. The van der Waals surface area contributed by atoms with Crippen LogP contribution in [0.1, 0.15) is 47.3 Å². The zero-order chi connectivity index (χ0) is 17.9. The van der Waals surface area contributed by atoms with Crippen molar-refractivity contribution in [3.05, 3.63) is 28.7 Å². The molecule has 8 nitrogen and oxygen atoms in total. The van der Waals surface area contributed by atoms with Crippen LogP contribution < -0.4 is 5.32 Å². The summed E-state index contributed by atoms with van der Waals surface area (Å²) in [6.45, 7) is 3.85. The molecule has 134 valence electrons. The van der Waals surface area contributed by atoms with Gasteiger partial charge in [-0.2, -0.15) is 10.2 Å². The first-order chi connectivity index (χ1) is 11.7. The molecule has 2 aromatic heterocycles. The van der Waals surface area contributed by atoms with Crippen molar-refractivity contribution >= 4 is 21.6 Å². The minimum Gasteiger partial charge on any atom is -0.311 e. The number of hydrogen-bond donors (Lipinski definition) is 1. The molecule has 1 N–H and O–H groups in total. The molecule has 2 unspecified atom stereocenters. The van der Waals surface area contributed by atoms with Crippen molar-refractivity contribution in [1.29, 1.82) is 0 Å². The van der Waals surface area contributed by atoms with Gasteiger partial charge < -0.3 is 5.32 Å². The molecular formula is C16H21N5O3S. The summed E-state index contributed by atoms with van der Waals surface area (Å²) < 4.78 is 27.2. The van der Waals surface area contributed by atoms with Crippen molar-refractivity contribution in [2.24, 2.45) is 7.05 Å². The van der Waals surface area contributed by atoms with Crippen molar-refractivity contribution < 1.29 is 13.2 Å².